The van der Waals surface area contributed by atoms with Crippen LogP contribution < -0.4 is 9.64 Å². The van der Waals surface area contributed by atoms with Crippen LogP contribution in [0.4, 0.5) is 5.82 Å². The second-order valence-corrected chi connectivity index (χ2v) is 8.40. The zero-order valence-corrected chi connectivity index (χ0v) is 17.2. The minimum atomic E-state index is -3.57. The molecule has 10 heteroatoms. The largest absolute Gasteiger partial charge is 0.481 e. The highest BCUT2D eigenvalue weighted by molar-refractivity contribution is 7.89. The second kappa shape index (κ2) is 7.43. The monoisotopic (exact) mass is 394 g/mol. The first-order valence-corrected chi connectivity index (χ1v) is 10.4. The molecule has 0 radical (unpaired) electrons. The van der Waals surface area contributed by atoms with Crippen molar-refractivity contribution in [2.45, 2.75) is 39.1 Å². The van der Waals surface area contributed by atoms with Gasteiger partial charge in [-0.25, -0.2) is 13.4 Å². The Labute approximate surface area is 160 Å². The molecule has 0 aliphatic carbocycles. The molecule has 148 valence electrons. The summed E-state index contributed by atoms with van der Waals surface area (Å²) in [4.78, 5) is 11.0. The zero-order chi connectivity index (χ0) is 19.8. The molecular formula is C17H26N6O3S. The van der Waals surface area contributed by atoms with Gasteiger partial charge in [0.1, 0.15) is 16.5 Å². The molecule has 2 aromatic heterocycles. The summed E-state index contributed by atoms with van der Waals surface area (Å²) in [6, 6.07) is 1.77. The molecule has 1 aliphatic heterocycles. The molecule has 2 aromatic rings. The van der Waals surface area contributed by atoms with Crippen molar-refractivity contribution in [3.05, 3.63) is 23.3 Å². The molecule has 0 bridgehead atoms. The molecule has 1 aliphatic rings. The Bertz CT molecular complexity index is 932. The normalized spacial score (nSPS) is 16.0. The Hall–Kier alpha value is -2.20. The van der Waals surface area contributed by atoms with Gasteiger partial charge in [-0.15, -0.1) is 0 Å². The van der Waals surface area contributed by atoms with Crippen LogP contribution in [0.2, 0.25) is 0 Å². The predicted molar refractivity (Wildman–Crippen MR) is 102 cm³/mol. The Kier molecular flexibility index (Phi) is 5.38. The predicted octanol–water partition coefficient (Wildman–Crippen LogP) is 1.14. The smallest absolute Gasteiger partial charge is 0.246 e. The summed E-state index contributed by atoms with van der Waals surface area (Å²) in [6.45, 7) is 9.85. The third kappa shape index (κ3) is 3.63. The zero-order valence-electron chi connectivity index (χ0n) is 16.4. The molecule has 9 nitrogen and oxygen atoms in total. The van der Waals surface area contributed by atoms with E-state index in [4.69, 9.17) is 4.74 Å². The number of sulfonamides is 1. The molecule has 1 fully saturated rings. The van der Waals surface area contributed by atoms with Crippen molar-refractivity contribution in [1.82, 2.24) is 24.1 Å². The van der Waals surface area contributed by atoms with Gasteiger partial charge in [0.2, 0.25) is 15.9 Å². The van der Waals surface area contributed by atoms with Crippen molar-refractivity contribution in [2.24, 2.45) is 0 Å². The van der Waals surface area contributed by atoms with Crippen LogP contribution >= 0.6 is 0 Å². The van der Waals surface area contributed by atoms with Crippen LogP contribution in [0.5, 0.6) is 5.88 Å². The van der Waals surface area contributed by atoms with Crippen LogP contribution in [0.15, 0.2) is 11.0 Å². The van der Waals surface area contributed by atoms with E-state index in [-0.39, 0.29) is 0 Å². The number of anilines is 1. The average molecular weight is 395 g/mol. The fourth-order valence-electron chi connectivity index (χ4n) is 3.44. The summed E-state index contributed by atoms with van der Waals surface area (Å²) in [5.41, 5.74) is 1.24. The molecule has 0 unspecified atom stereocenters. The lowest BCUT2D eigenvalue weighted by Crippen LogP contribution is -2.49. The SMILES string of the molecule is CCn1nc(C)c(S(=O)(=O)N2CCN(c3cc(OC)nc(C)n3)CC2)c1C. The first kappa shape index (κ1) is 19.6. The number of aromatic nitrogens is 4. The van der Waals surface area contributed by atoms with Gasteiger partial charge in [0.05, 0.1) is 18.5 Å². The lowest BCUT2D eigenvalue weighted by molar-refractivity contribution is 0.379. The van der Waals surface area contributed by atoms with Crippen molar-refractivity contribution in [2.75, 3.05) is 38.2 Å². The van der Waals surface area contributed by atoms with E-state index in [0.29, 0.717) is 60.7 Å². The number of hydrogen-bond acceptors (Lipinski definition) is 7. The van der Waals surface area contributed by atoms with Crippen molar-refractivity contribution in [3.8, 4) is 5.88 Å². The van der Waals surface area contributed by atoms with Crippen molar-refractivity contribution < 1.29 is 13.2 Å². The van der Waals surface area contributed by atoms with Gasteiger partial charge in [-0.2, -0.15) is 14.4 Å². The maximum Gasteiger partial charge on any atom is 0.246 e. The molecule has 0 atom stereocenters. The number of methoxy groups -OCH3 is 1. The number of rotatable bonds is 5. The maximum atomic E-state index is 13.2. The standard InChI is InChI=1S/C17H26N6O3S/c1-6-23-13(3)17(12(2)20-23)27(24,25)22-9-7-21(8-10-22)15-11-16(26-5)19-14(4)18-15/h11H,6-10H2,1-5H3. The van der Waals surface area contributed by atoms with E-state index in [1.807, 2.05) is 20.8 Å². The molecule has 3 rings (SSSR count). The molecule has 27 heavy (non-hydrogen) atoms. The van der Waals surface area contributed by atoms with Crippen LogP contribution in [0.3, 0.4) is 0 Å². The van der Waals surface area contributed by atoms with Crippen LogP contribution in [0, 0.1) is 20.8 Å². The summed E-state index contributed by atoms with van der Waals surface area (Å²) in [5, 5.41) is 4.35. The Morgan fingerprint density at radius 2 is 1.78 bits per heavy atom. The summed E-state index contributed by atoms with van der Waals surface area (Å²) in [6.07, 6.45) is 0. The summed E-state index contributed by atoms with van der Waals surface area (Å²) < 4.78 is 34.8. The highest BCUT2D eigenvalue weighted by Gasteiger charge is 2.33. The Balaban J connectivity index is 1.79. The molecule has 0 N–H and O–H groups in total. The van der Waals surface area contributed by atoms with Gasteiger partial charge >= 0.3 is 0 Å². The number of piperazine rings is 1. The molecule has 0 spiro atoms. The van der Waals surface area contributed by atoms with E-state index >= 15 is 0 Å². The lowest BCUT2D eigenvalue weighted by atomic mass is 10.3. The highest BCUT2D eigenvalue weighted by atomic mass is 32.2. The number of nitrogens with zero attached hydrogens (tertiary/aromatic N) is 6. The van der Waals surface area contributed by atoms with E-state index in [1.165, 1.54) is 4.31 Å². The first-order chi connectivity index (χ1) is 12.8. The van der Waals surface area contributed by atoms with E-state index in [2.05, 4.69) is 20.0 Å². The summed E-state index contributed by atoms with van der Waals surface area (Å²) in [5.74, 6) is 1.88. The van der Waals surface area contributed by atoms with E-state index in [9.17, 15) is 8.42 Å². The van der Waals surface area contributed by atoms with Crippen LogP contribution in [0.25, 0.3) is 0 Å². The molecule has 3 heterocycles. The fraction of sp³-hybridized carbons (Fsp3) is 0.588. The quantitative estimate of drug-likeness (QED) is 0.750. The van der Waals surface area contributed by atoms with Crippen LogP contribution in [0.1, 0.15) is 24.1 Å². The van der Waals surface area contributed by atoms with Crippen molar-refractivity contribution >= 4 is 15.8 Å². The Morgan fingerprint density at radius 1 is 1.11 bits per heavy atom. The topological polar surface area (TPSA) is 93.5 Å². The molecule has 1 saturated heterocycles. The minimum Gasteiger partial charge on any atom is -0.481 e. The van der Waals surface area contributed by atoms with Crippen LogP contribution in [-0.2, 0) is 16.6 Å². The van der Waals surface area contributed by atoms with Crippen molar-refractivity contribution in [1.29, 1.82) is 0 Å². The highest BCUT2D eigenvalue weighted by Crippen LogP contribution is 2.26. The van der Waals surface area contributed by atoms with Gasteiger partial charge in [-0.1, -0.05) is 0 Å². The van der Waals surface area contributed by atoms with Gasteiger partial charge in [0, 0.05) is 38.8 Å². The van der Waals surface area contributed by atoms with E-state index in [0.717, 1.165) is 5.82 Å². The van der Waals surface area contributed by atoms with E-state index in [1.54, 1.807) is 24.8 Å². The molecule has 0 amide bonds. The van der Waals surface area contributed by atoms with Gasteiger partial charge in [-0.05, 0) is 27.7 Å². The Morgan fingerprint density at radius 3 is 2.33 bits per heavy atom. The number of ether oxygens (including phenoxy) is 1. The summed E-state index contributed by atoms with van der Waals surface area (Å²) >= 11 is 0. The summed E-state index contributed by atoms with van der Waals surface area (Å²) in [7, 11) is -2.01. The average Bonchev–Trinajstić information content (AvgIpc) is 2.95. The van der Waals surface area contributed by atoms with Crippen molar-refractivity contribution in [3.63, 3.8) is 0 Å². The van der Waals surface area contributed by atoms with E-state index < -0.39 is 10.0 Å². The number of hydrogen-bond donors (Lipinski definition) is 0. The molecular weight excluding hydrogens is 368 g/mol. The van der Waals surface area contributed by atoms with Crippen LogP contribution in [-0.4, -0.2) is 65.8 Å². The van der Waals surface area contributed by atoms with Gasteiger partial charge in [0.15, 0.2) is 0 Å². The first-order valence-electron chi connectivity index (χ1n) is 8.96. The lowest BCUT2D eigenvalue weighted by Gasteiger charge is -2.34. The maximum absolute atomic E-state index is 13.2. The second-order valence-electron chi connectivity index (χ2n) is 6.52. The van der Waals surface area contributed by atoms with Gasteiger partial charge < -0.3 is 9.64 Å². The third-order valence-electron chi connectivity index (χ3n) is 4.79. The van der Waals surface area contributed by atoms with Gasteiger partial charge in [-0.3, -0.25) is 4.68 Å². The number of aryl methyl sites for hydroxylation is 3. The minimum absolute atomic E-state index is 0.331. The molecule has 0 aromatic carbocycles. The molecule has 0 saturated carbocycles. The fourth-order valence-corrected chi connectivity index (χ4v) is 5.24. The third-order valence-corrected chi connectivity index (χ3v) is 6.94. The van der Waals surface area contributed by atoms with Gasteiger partial charge in [0.25, 0.3) is 0 Å².